The van der Waals surface area contributed by atoms with E-state index in [-0.39, 0.29) is 5.66 Å². The largest absolute Gasteiger partial charge is 0.527 e. The first kappa shape index (κ1) is 6.73. The molecule has 1 rings (SSSR count). The molecule has 0 radical (unpaired) electrons. The number of rotatable bonds is 1. The van der Waals surface area contributed by atoms with Crippen LogP contribution in [-0.4, -0.2) is 17.2 Å². The first-order valence-corrected chi connectivity index (χ1v) is 2.79. The molecular weight excluding hydrogens is 139 g/mol. The molecule has 0 fully saturated rings. The van der Waals surface area contributed by atoms with Gasteiger partial charge in [0.15, 0.2) is 0 Å². The van der Waals surface area contributed by atoms with E-state index in [9.17, 15) is 0 Å². The maximum Gasteiger partial charge on any atom is 0.527 e. The van der Waals surface area contributed by atoms with Gasteiger partial charge in [0.05, 0.1) is 6.26 Å². The van der Waals surface area contributed by atoms with E-state index in [4.69, 9.17) is 10.0 Å². The smallest absolute Gasteiger partial charge is 0.472 e. The van der Waals surface area contributed by atoms with E-state index in [0.717, 1.165) is 0 Å². The molecule has 0 unspecified atom stereocenters. The number of hydrogen-bond acceptors (Lipinski definition) is 4. The van der Waals surface area contributed by atoms with E-state index in [1.807, 2.05) is 0 Å². The van der Waals surface area contributed by atoms with Gasteiger partial charge in [0, 0.05) is 4.90 Å². The van der Waals surface area contributed by atoms with E-state index in [2.05, 4.69) is 17.0 Å². The van der Waals surface area contributed by atoms with Crippen molar-refractivity contribution in [3.8, 4) is 0 Å². The summed E-state index contributed by atoms with van der Waals surface area (Å²) in [5.74, 6) is 0. The normalized spacial score (nSPS) is 9.67. The van der Waals surface area contributed by atoms with Crippen molar-refractivity contribution in [2.75, 3.05) is 0 Å². The van der Waals surface area contributed by atoms with Gasteiger partial charge in [-0.05, 0) is 6.07 Å². The molecule has 0 amide bonds. The Morgan fingerprint density at radius 1 is 1.56 bits per heavy atom. The summed E-state index contributed by atoms with van der Waals surface area (Å²) in [6.07, 6.45) is 1.34. The standard InChI is InChI=1S/C4H5BO3S/c6-5(7)4-3(9)1-2-8-4/h1-2,6-7,9H. The number of hydrogen-bond donors (Lipinski definition) is 3. The minimum absolute atomic E-state index is 0.0818. The number of furan rings is 1. The van der Waals surface area contributed by atoms with E-state index >= 15 is 0 Å². The zero-order chi connectivity index (χ0) is 6.85. The second-order valence-electron chi connectivity index (χ2n) is 1.54. The average Bonchev–Trinajstić information content (AvgIpc) is 2.13. The average molecular weight is 144 g/mol. The third-order valence-electron chi connectivity index (χ3n) is 0.908. The Balaban J connectivity index is 2.94. The molecule has 0 spiro atoms. The first-order valence-electron chi connectivity index (χ1n) is 2.34. The third kappa shape index (κ3) is 1.30. The molecule has 1 heterocycles. The highest BCUT2D eigenvalue weighted by Crippen LogP contribution is 2.01. The molecule has 48 valence electrons. The summed E-state index contributed by atoms with van der Waals surface area (Å²) >= 11 is 3.87. The summed E-state index contributed by atoms with van der Waals surface area (Å²) in [6.45, 7) is 0. The molecule has 0 aliphatic rings. The van der Waals surface area contributed by atoms with Crippen molar-refractivity contribution in [2.45, 2.75) is 4.90 Å². The Hall–Kier alpha value is -0.385. The third-order valence-corrected chi connectivity index (χ3v) is 1.28. The maximum absolute atomic E-state index is 8.51. The van der Waals surface area contributed by atoms with Crippen LogP contribution in [0.2, 0.25) is 0 Å². The van der Waals surface area contributed by atoms with E-state index in [0.29, 0.717) is 4.90 Å². The molecule has 0 bridgehead atoms. The van der Waals surface area contributed by atoms with Crippen molar-refractivity contribution >= 4 is 25.4 Å². The van der Waals surface area contributed by atoms with Gasteiger partial charge in [0.2, 0.25) is 0 Å². The first-order chi connectivity index (χ1) is 4.22. The highest BCUT2D eigenvalue weighted by Gasteiger charge is 2.17. The van der Waals surface area contributed by atoms with Crippen molar-refractivity contribution in [3.63, 3.8) is 0 Å². The Kier molecular flexibility index (Phi) is 1.85. The van der Waals surface area contributed by atoms with Crippen LogP contribution in [0, 0.1) is 0 Å². The van der Waals surface area contributed by atoms with Gasteiger partial charge in [-0.25, -0.2) is 0 Å². The molecule has 1 aromatic heterocycles. The number of thiol groups is 1. The molecule has 0 aliphatic carbocycles. The van der Waals surface area contributed by atoms with Crippen molar-refractivity contribution in [3.05, 3.63) is 12.3 Å². The fourth-order valence-electron chi connectivity index (χ4n) is 0.507. The summed E-state index contributed by atoms with van der Waals surface area (Å²) in [7, 11) is -1.56. The van der Waals surface area contributed by atoms with Gasteiger partial charge >= 0.3 is 7.12 Å². The fraction of sp³-hybridized carbons (Fsp3) is 0. The minimum Gasteiger partial charge on any atom is -0.472 e. The lowest BCUT2D eigenvalue weighted by Crippen LogP contribution is -2.29. The SMILES string of the molecule is OB(O)c1occc1S. The zero-order valence-electron chi connectivity index (χ0n) is 4.48. The summed E-state index contributed by atoms with van der Waals surface area (Å²) in [6, 6.07) is 1.54. The monoisotopic (exact) mass is 144 g/mol. The molecule has 0 atom stereocenters. The van der Waals surface area contributed by atoms with Gasteiger partial charge in [0.25, 0.3) is 0 Å². The van der Waals surface area contributed by atoms with Gasteiger partial charge in [0.1, 0.15) is 5.66 Å². The Morgan fingerprint density at radius 2 is 2.22 bits per heavy atom. The van der Waals surface area contributed by atoms with Crippen LogP contribution in [0.5, 0.6) is 0 Å². The van der Waals surface area contributed by atoms with Crippen LogP contribution in [0.15, 0.2) is 21.6 Å². The summed E-state index contributed by atoms with van der Waals surface area (Å²) in [4.78, 5) is 0.449. The molecule has 3 nitrogen and oxygen atoms in total. The van der Waals surface area contributed by atoms with Crippen molar-refractivity contribution in [2.24, 2.45) is 0 Å². The molecule has 0 aliphatic heterocycles. The minimum atomic E-state index is -1.56. The lowest BCUT2D eigenvalue weighted by atomic mass is 9.88. The second kappa shape index (κ2) is 2.47. The van der Waals surface area contributed by atoms with Gasteiger partial charge in [-0.1, -0.05) is 0 Å². The van der Waals surface area contributed by atoms with Gasteiger partial charge in [-0.3, -0.25) is 0 Å². The molecule has 0 saturated carbocycles. The quantitative estimate of drug-likeness (QED) is 0.359. The predicted molar refractivity (Wildman–Crippen MR) is 35.8 cm³/mol. The van der Waals surface area contributed by atoms with Gasteiger partial charge in [-0.15, -0.1) is 12.6 Å². The van der Waals surface area contributed by atoms with Crippen LogP contribution >= 0.6 is 12.6 Å². The van der Waals surface area contributed by atoms with Crippen LogP contribution in [0.1, 0.15) is 0 Å². The topological polar surface area (TPSA) is 53.6 Å². The Morgan fingerprint density at radius 3 is 2.44 bits per heavy atom. The van der Waals surface area contributed by atoms with Crippen molar-refractivity contribution < 1.29 is 14.5 Å². The lowest BCUT2D eigenvalue weighted by molar-refractivity contribution is 0.408. The van der Waals surface area contributed by atoms with E-state index in [1.54, 1.807) is 0 Å². The van der Waals surface area contributed by atoms with Crippen molar-refractivity contribution in [1.29, 1.82) is 0 Å². The molecular formula is C4H5BO3S. The highest BCUT2D eigenvalue weighted by atomic mass is 32.1. The molecule has 1 aromatic rings. The zero-order valence-corrected chi connectivity index (χ0v) is 5.38. The van der Waals surface area contributed by atoms with E-state index in [1.165, 1.54) is 12.3 Å². The highest BCUT2D eigenvalue weighted by molar-refractivity contribution is 7.80. The molecule has 2 N–H and O–H groups in total. The predicted octanol–water partition coefficient (Wildman–Crippen LogP) is -0.752. The summed E-state index contributed by atoms with van der Waals surface area (Å²) in [5.41, 5.74) is 0.0818. The van der Waals surface area contributed by atoms with Crippen LogP contribution in [-0.2, 0) is 0 Å². The summed E-state index contributed by atoms with van der Waals surface area (Å²) in [5, 5.41) is 17.0. The van der Waals surface area contributed by atoms with E-state index < -0.39 is 7.12 Å². The van der Waals surface area contributed by atoms with Crippen molar-refractivity contribution in [1.82, 2.24) is 0 Å². The van der Waals surface area contributed by atoms with Crippen LogP contribution in [0.25, 0.3) is 0 Å². The lowest BCUT2D eigenvalue weighted by Gasteiger charge is -1.91. The molecule has 9 heavy (non-hydrogen) atoms. The maximum atomic E-state index is 8.51. The molecule has 0 aromatic carbocycles. The van der Waals surface area contributed by atoms with Crippen LogP contribution in [0.4, 0.5) is 0 Å². The molecule has 0 saturated heterocycles. The molecule has 5 heteroatoms. The summed E-state index contributed by atoms with van der Waals surface area (Å²) < 4.78 is 4.65. The Labute approximate surface area is 57.9 Å². The van der Waals surface area contributed by atoms with Gasteiger partial charge < -0.3 is 14.5 Å². The fourth-order valence-corrected chi connectivity index (χ4v) is 0.736. The second-order valence-corrected chi connectivity index (χ2v) is 2.03. The van der Waals surface area contributed by atoms with Gasteiger partial charge in [-0.2, -0.15) is 0 Å². The Bertz CT molecular complexity index is 197. The van der Waals surface area contributed by atoms with Crippen LogP contribution < -0.4 is 5.66 Å². The van der Waals surface area contributed by atoms with Crippen LogP contribution in [0.3, 0.4) is 0 Å².